The molecule has 92 valence electrons. The van der Waals surface area contributed by atoms with Crippen LogP contribution in [0, 0.1) is 5.92 Å². The Morgan fingerprint density at radius 2 is 2.24 bits per heavy atom. The Morgan fingerprint density at radius 3 is 2.88 bits per heavy atom. The van der Waals surface area contributed by atoms with Crippen LogP contribution in [0.15, 0.2) is 17.1 Å². The van der Waals surface area contributed by atoms with Gasteiger partial charge in [-0.05, 0) is 36.8 Å². The van der Waals surface area contributed by atoms with Crippen molar-refractivity contribution in [1.29, 1.82) is 0 Å². The van der Waals surface area contributed by atoms with Crippen molar-refractivity contribution in [3.63, 3.8) is 0 Å². The Morgan fingerprint density at radius 1 is 1.41 bits per heavy atom. The third kappa shape index (κ3) is 2.22. The summed E-state index contributed by atoms with van der Waals surface area (Å²) in [4.78, 5) is 11.9. The van der Waals surface area contributed by atoms with E-state index in [2.05, 4.69) is 0 Å². The first-order valence-electron chi connectivity index (χ1n) is 6.31. The molecule has 1 aliphatic heterocycles. The van der Waals surface area contributed by atoms with Gasteiger partial charge in [-0.3, -0.25) is 4.79 Å². The van der Waals surface area contributed by atoms with Crippen LogP contribution in [0.5, 0.6) is 0 Å². The van der Waals surface area contributed by atoms with Crippen LogP contribution in [0.4, 0.5) is 5.69 Å². The molecular weight excluding hydrogens is 216 g/mol. The maximum Gasteiger partial charge on any atom is 0.273 e. The van der Waals surface area contributed by atoms with E-state index in [1.54, 1.807) is 4.57 Å². The predicted octanol–water partition coefficient (Wildman–Crippen LogP) is 1.34. The van der Waals surface area contributed by atoms with E-state index >= 15 is 0 Å². The van der Waals surface area contributed by atoms with Gasteiger partial charge in [0.05, 0.1) is 12.3 Å². The molecule has 1 aromatic heterocycles. The van der Waals surface area contributed by atoms with Gasteiger partial charge in [0.2, 0.25) is 0 Å². The normalized spacial score (nSPS) is 24.1. The van der Waals surface area contributed by atoms with Crippen molar-refractivity contribution < 1.29 is 4.74 Å². The van der Waals surface area contributed by atoms with Gasteiger partial charge in [-0.1, -0.05) is 0 Å². The lowest BCUT2D eigenvalue weighted by molar-refractivity contribution is 0.182. The SMILES string of the molecule is Nc1cc(C2CC2)cn(CC2CCOC2)c1=O. The molecule has 2 fully saturated rings. The van der Waals surface area contributed by atoms with Crippen LogP contribution in [0.2, 0.25) is 0 Å². The molecule has 0 aromatic carbocycles. The Kier molecular flexibility index (Phi) is 2.67. The van der Waals surface area contributed by atoms with Crippen LogP contribution in [0.1, 0.15) is 30.7 Å². The lowest BCUT2D eigenvalue weighted by Gasteiger charge is -2.13. The standard InChI is InChI=1S/C13H18N2O2/c14-12-5-11(10-1-2-10)7-15(13(12)16)6-9-3-4-17-8-9/h5,7,9-10H,1-4,6,8,14H2. The Balaban J connectivity index is 1.87. The van der Waals surface area contributed by atoms with Crippen molar-refractivity contribution in [3.05, 3.63) is 28.2 Å². The summed E-state index contributed by atoms with van der Waals surface area (Å²) in [5.41, 5.74) is 7.35. The second-order valence-corrected chi connectivity index (χ2v) is 5.19. The Labute approximate surface area is 100 Å². The Bertz CT molecular complexity index is 471. The number of nitrogens with zero attached hydrogens (tertiary/aromatic N) is 1. The molecular formula is C13H18N2O2. The lowest BCUT2D eigenvalue weighted by Crippen LogP contribution is -2.26. The fraction of sp³-hybridized carbons (Fsp3) is 0.615. The summed E-state index contributed by atoms with van der Waals surface area (Å²) < 4.78 is 7.12. The molecule has 3 rings (SSSR count). The summed E-state index contributed by atoms with van der Waals surface area (Å²) in [5, 5.41) is 0. The van der Waals surface area contributed by atoms with Crippen molar-refractivity contribution in [3.8, 4) is 0 Å². The number of pyridine rings is 1. The van der Waals surface area contributed by atoms with Gasteiger partial charge in [0, 0.05) is 25.3 Å². The van der Waals surface area contributed by atoms with Gasteiger partial charge >= 0.3 is 0 Å². The summed E-state index contributed by atoms with van der Waals surface area (Å²) in [5.74, 6) is 1.09. The van der Waals surface area contributed by atoms with Crippen LogP contribution in [0.3, 0.4) is 0 Å². The molecule has 17 heavy (non-hydrogen) atoms. The highest BCUT2D eigenvalue weighted by Gasteiger charge is 2.25. The molecule has 1 saturated heterocycles. The van der Waals surface area contributed by atoms with E-state index in [0.717, 1.165) is 26.2 Å². The third-order valence-corrected chi connectivity index (χ3v) is 3.66. The molecule has 2 N–H and O–H groups in total. The van der Waals surface area contributed by atoms with Crippen LogP contribution in [-0.2, 0) is 11.3 Å². The van der Waals surface area contributed by atoms with Crippen molar-refractivity contribution in [2.45, 2.75) is 31.7 Å². The highest BCUT2D eigenvalue weighted by molar-refractivity contribution is 5.40. The van der Waals surface area contributed by atoms with Crippen LogP contribution in [-0.4, -0.2) is 17.8 Å². The number of hydrogen-bond donors (Lipinski definition) is 1. The first-order valence-corrected chi connectivity index (χ1v) is 6.31. The van der Waals surface area contributed by atoms with Gasteiger partial charge in [-0.25, -0.2) is 0 Å². The zero-order valence-electron chi connectivity index (χ0n) is 9.89. The summed E-state index contributed by atoms with van der Waals surface area (Å²) >= 11 is 0. The summed E-state index contributed by atoms with van der Waals surface area (Å²) in [6, 6.07) is 1.85. The number of aromatic nitrogens is 1. The number of nitrogens with two attached hydrogens (primary N) is 1. The highest BCUT2D eigenvalue weighted by Crippen LogP contribution is 2.40. The molecule has 1 aromatic rings. The van der Waals surface area contributed by atoms with Gasteiger partial charge < -0.3 is 15.0 Å². The minimum absolute atomic E-state index is 0.0544. The summed E-state index contributed by atoms with van der Waals surface area (Å²) in [7, 11) is 0. The molecule has 0 amide bonds. The average molecular weight is 234 g/mol. The summed E-state index contributed by atoms with van der Waals surface area (Å²) in [6.45, 7) is 2.32. The molecule has 1 atom stereocenters. The molecule has 4 heteroatoms. The Hall–Kier alpha value is -1.29. The molecule has 1 unspecified atom stereocenters. The van der Waals surface area contributed by atoms with Crippen LogP contribution in [0.25, 0.3) is 0 Å². The van der Waals surface area contributed by atoms with Gasteiger partial charge in [0.15, 0.2) is 0 Å². The number of ether oxygens (including phenoxy) is 1. The number of nitrogen functional groups attached to an aromatic ring is 1. The van der Waals surface area contributed by atoms with Gasteiger partial charge in [-0.15, -0.1) is 0 Å². The predicted molar refractivity (Wildman–Crippen MR) is 66.0 cm³/mol. The van der Waals surface area contributed by atoms with Crippen molar-refractivity contribution >= 4 is 5.69 Å². The highest BCUT2D eigenvalue weighted by atomic mass is 16.5. The quantitative estimate of drug-likeness (QED) is 0.858. The van der Waals surface area contributed by atoms with E-state index in [1.165, 1.54) is 18.4 Å². The minimum atomic E-state index is -0.0544. The van der Waals surface area contributed by atoms with Crippen molar-refractivity contribution in [2.75, 3.05) is 18.9 Å². The molecule has 0 radical (unpaired) electrons. The second-order valence-electron chi connectivity index (χ2n) is 5.19. The monoisotopic (exact) mass is 234 g/mol. The lowest BCUT2D eigenvalue weighted by atomic mass is 10.1. The smallest absolute Gasteiger partial charge is 0.273 e. The number of rotatable bonds is 3. The molecule has 0 spiro atoms. The first kappa shape index (κ1) is 10.8. The fourth-order valence-electron chi connectivity index (χ4n) is 2.46. The average Bonchev–Trinajstić information content (AvgIpc) is 3.04. The van der Waals surface area contributed by atoms with E-state index in [9.17, 15) is 4.79 Å². The minimum Gasteiger partial charge on any atom is -0.394 e. The molecule has 1 aliphatic carbocycles. The van der Waals surface area contributed by atoms with E-state index < -0.39 is 0 Å². The second kappa shape index (κ2) is 4.18. The molecule has 2 aliphatic rings. The number of hydrogen-bond acceptors (Lipinski definition) is 3. The van der Waals surface area contributed by atoms with E-state index in [4.69, 9.17) is 10.5 Å². The third-order valence-electron chi connectivity index (χ3n) is 3.66. The molecule has 1 saturated carbocycles. The zero-order chi connectivity index (χ0) is 11.8. The topological polar surface area (TPSA) is 57.2 Å². The molecule has 4 nitrogen and oxygen atoms in total. The van der Waals surface area contributed by atoms with Crippen LogP contribution < -0.4 is 11.3 Å². The molecule has 0 bridgehead atoms. The first-order chi connectivity index (χ1) is 8.24. The fourth-order valence-corrected chi connectivity index (χ4v) is 2.46. The van der Waals surface area contributed by atoms with Gasteiger partial charge in [-0.2, -0.15) is 0 Å². The van der Waals surface area contributed by atoms with Crippen molar-refractivity contribution in [1.82, 2.24) is 4.57 Å². The van der Waals surface area contributed by atoms with E-state index in [-0.39, 0.29) is 5.56 Å². The maximum absolute atomic E-state index is 11.9. The van der Waals surface area contributed by atoms with Crippen molar-refractivity contribution in [2.24, 2.45) is 5.92 Å². The molecule has 2 heterocycles. The maximum atomic E-state index is 11.9. The van der Waals surface area contributed by atoms with E-state index in [0.29, 0.717) is 17.5 Å². The number of anilines is 1. The van der Waals surface area contributed by atoms with Gasteiger partial charge in [0.25, 0.3) is 5.56 Å². The van der Waals surface area contributed by atoms with Crippen LogP contribution >= 0.6 is 0 Å². The zero-order valence-corrected chi connectivity index (χ0v) is 9.89. The largest absolute Gasteiger partial charge is 0.394 e. The van der Waals surface area contributed by atoms with Gasteiger partial charge in [0.1, 0.15) is 0 Å². The van der Waals surface area contributed by atoms with E-state index in [1.807, 2.05) is 12.3 Å². The summed E-state index contributed by atoms with van der Waals surface area (Å²) in [6.07, 6.45) is 5.49.